The molecule has 0 spiro atoms. The molecule has 128 valence electrons. The Labute approximate surface area is 141 Å². The molecule has 8 heteroatoms. The number of rotatable bonds is 3. The van der Waals surface area contributed by atoms with E-state index in [1.807, 2.05) is 13.1 Å². The molecule has 2 unspecified atom stereocenters. The smallest absolute Gasteiger partial charge is 0.236 e. The monoisotopic (exact) mass is 330 g/mol. The van der Waals surface area contributed by atoms with Gasteiger partial charge in [-0.15, -0.1) is 0 Å². The largest absolute Gasteiger partial charge is 0.354 e. The minimum atomic E-state index is -0.0948. The van der Waals surface area contributed by atoms with Crippen molar-refractivity contribution in [1.29, 1.82) is 5.26 Å². The van der Waals surface area contributed by atoms with Gasteiger partial charge >= 0.3 is 0 Å². The summed E-state index contributed by atoms with van der Waals surface area (Å²) >= 11 is 0. The summed E-state index contributed by atoms with van der Waals surface area (Å²) in [6, 6.07) is 2.10. The third-order valence-electron chi connectivity index (χ3n) is 4.88. The van der Waals surface area contributed by atoms with Crippen molar-refractivity contribution in [1.82, 2.24) is 14.9 Å². The molecule has 0 radical (unpaired) electrons. The predicted molar refractivity (Wildman–Crippen MR) is 88.1 cm³/mol. The van der Waals surface area contributed by atoms with Crippen molar-refractivity contribution < 1.29 is 9.63 Å². The SMILES string of the molecule is CC1CCN(C(=O)CC#N)CC1N(C)c1ncnc2c1CCON2. The third-order valence-corrected chi connectivity index (χ3v) is 4.88. The van der Waals surface area contributed by atoms with Gasteiger partial charge in [-0.1, -0.05) is 6.92 Å². The molecule has 8 nitrogen and oxygen atoms in total. The number of likely N-dealkylation sites (tertiary alicyclic amines) is 1. The maximum Gasteiger partial charge on any atom is 0.236 e. The number of hydrogen-bond donors (Lipinski definition) is 1. The second-order valence-electron chi connectivity index (χ2n) is 6.34. The first-order valence-corrected chi connectivity index (χ1v) is 8.21. The molecule has 1 fully saturated rings. The molecule has 24 heavy (non-hydrogen) atoms. The molecule has 0 aliphatic carbocycles. The summed E-state index contributed by atoms with van der Waals surface area (Å²) in [4.78, 5) is 29.9. The van der Waals surface area contributed by atoms with Crippen LogP contribution >= 0.6 is 0 Å². The highest BCUT2D eigenvalue weighted by atomic mass is 16.6. The first-order chi connectivity index (χ1) is 11.6. The maximum absolute atomic E-state index is 12.1. The summed E-state index contributed by atoms with van der Waals surface area (Å²) in [5.74, 6) is 1.92. The average molecular weight is 330 g/mol. The van der Waals surface area contributed by atoms with Crippen molar-refractivity contribution in [3.63, 3.8) is 0 Å². The number of nitrogens with zero attached hydrogens (tertiary/aromatic N) is 5. The molecule has 2 aliphatic rings. The molecule has 1 N–H and O–H groups in total. The van der Waals surface area contributed by atoms with E-state index in [0.29, 0.717) is 31.4 Å². The fourth-order valence-corrected chi connectivity index (χ4v) is 3.41. The summed E-state index contributed by atoms with van der Waals surface area (Å²) in [6.45, 7) is 4.10. The van der Waals surface area contributed by atoms with Crippen LogP contribution in [0.4, 0.5) is 11.6 Å². The Morgan fingerprint density at radius 2 is 2.42 bits per heavy atom. The fourth-order valence-electron chi connectivity index (χ4n) is 3.41. The molecule has 0 saturated carbocycles. The van der Waals surface area contributed by atoms with Crippen LogP contribution < -0.4 is 10.4 Å². The second-order valence-corrected chi connectivity index (χ2v) is 6.34. The first-order valence-electron chi connectivity index (χ1n) is 8.21. The van der Waals surface area contributed by atoms with E-state index in [2.05, 4.69) is 27.3 Å². The molecule has 3 heterocycles. The number of carbonyl (C=O) groups excluding carboxylic acids is 1. The Hall–Kier alpha value is -2.40. The highest BCUT2D eigenvalue weighted by molar-refractivity contribution is 5.78. The number of likely N-dealkylation sites (N-methyl/N-ethyl adjacent to an activating group) is 1. The molecule has 1 amide bonds. The van der Waals surface area contributed by atoms with Gasteiger partial charge in [0.1, 0.15) is 18.6 Å². The van der Waals surface area contributed by atoms with E-state index in [1.165, 1.54) is 6.33 Å². The van der Waals surface area contributed by atoms with E-state index in [-0.39, 0.29) is 18.4 Å². The van der Waals surface area contributed by atoms with Crippen LogP contribution in [0, 0.1) is 17.2 Å². The van der Waals surface area contributed by atoms with Gasteiger partial charge in [-0.05, 0) is 12.3 Å². The van der Waals surface area contributed by atoms with Crippen LogP contribution in [0.1, 0.15) is 25.3 Å². The van der Waals surface area contributed by atoms with Gasteiger partial charge in [0, 0.05) is 32.1 Å². The number of hydrogen-bond acceptors (Lipinski definition) is 7. The van der Waals surface area contributed by atoms with Crippen LogP contribution in [0.5, 0.6) is 0 Å². The molecule has 1 aromatic rings. The highest BCUT2D eigenvalue weighted by Crippen LogP contribution is 2.30. The van der Waals surface area contributed by atoms with Crippen LogP contribution in [0.3, 0.4) is 0 Å². The van der Waals surface area contributed by atoms with E-state index in [4.69, 9.17) is 10.1 Å². The molecular weight excluding hydrogens is 308 g/mol. The van der Waals surface area contributed by atoms with E-state index < -0.39 is 0 Å². The number of fused-ring (bicyclic) bond motifs is 1. The molecule has 1 saturated heterocycles. The van der Waals surface area contributed by atoms with Gasteiger partial charge < -0.3 is 9.80 Å². The highest BCUT2D eigenvalue weighted by Gasteiger charge is 2.33. The van der Waals surface area contributed by atoms with Crippen molar-refractivity contribution in [2.45, 2.75) is 32.2 Å². The van der Waals surface area contributed by atoms with Gasteiger partial charge in [0.15, 0.2) is 5.82 Å². The molecule has 0 aromatic carbocycles. The number of nitriles is 1. The molecular formula is C16H22N6O2. The zero-order valence-electron chi connectivity index (χ0n) is 14.0. The third kappa shape index (κ3) is 3.12. The Morgan fingerprint density at radius 3 is 3.21 bits per heavy atom. The zero-order chi connectivity index (χ0) is 17.1. The maximum atomic E-state index is 12.1. The van der Waals surface area contributed by atoms with Crippen molar-refractivity contribution in [2.24, 2.45) is 5.92 Å². The second kappa shape index (κ2) is 7.01. The number of nitrogens with one attached hydrogen (secondary N) is 1. The number of anilines is 2. The number of carbonyl (C=O) groups is 1. The minimum Gasteiger partial charge on any atom is -0.354 e. The van der Waals surface area contributed by atoms with Crippen LogP contribution in [-0.2, 0) is 16.1 Å². The van der Waals surface area contributed by atoms with Crippen LogP contribution in [0.15, 0.2) is 6.33 Å². The van der Waals surface area contributed by atoms with Crippen molar-refractivity contribution in [3.8, 4) is 6.07 Å². The van der Waals surface area contributed by atoms with Gasteiger partial charge in [0.05, 0.1) is 18.7 Å². The van der Waals surface area contributed by atoms with Crippen molar-refractivity contribution in [3.05, 3.63) is 11.9 Å². The van der Waals surface area contributed by atoms with Crippen LogP contribution in [-0.4, -0.2) is 53.6 Å². The zero-order valence-corrected chi connectivity index (χ0v) is 14.0. The molecule has 0 bridgehead atoms. The van der Waals surface area contributed by atoms with Gasteiger partial charge in [-0.3, -0.25) is 9.63 Å². The number of aromatic nitrogens is 2. The lowest BCUT2D eigenvalue weighted by molar-refractivity contribution is -0.131. The Morgan fingerprint density at radius 1 is 1.58 bits per heavy atom. The van der Waals surface area contributed by atoms with Gasteiger partial charge in [0.25, 0.3) is 0 Å². The minimum absolute atomic E-state index is 0.0605. The Bertz CT molecular complexity index is 658. The summed E-state index contributed by atoms with van der Waals surface area (Å²) < 4.78 is 0. The van der Waals surface area contributed by atoms with Gasteiger partial charge in [-0.2, -0.15) is 5.26 Å². The lowest BCUT2D eigenvalue weighted by Gasteiger charge is -2.42. The lowest BCUT2D eigenvalue weighted by Crippen LogP contribution is -2.53. The summed E-state index contributed by atoms with van der Waals surface area (Å²) in [6.07, 6.45) is 3.13. The van der Waals surface area contributed by atoms with E-state index in [1.54, 1.807) is 4.90 Å². The van der Waals surface area contributed by atoms with Crippen molar-refractivity contribution in [2.75, 3.05) is 37.1 Å². The van der Waals surface area contributed by atoms with Crippen molar-refractivity contribution >= 4 is 17.5 Å². The lowest BCUT2D eigenvalue weighted by atomic mass is 9.92. The van der Waals surface area contributed by atoms with Crippen LogP contribution in [0.25, 0.3) is 0 Å². The van der Waals surface area contributed by atoms with Crippen LogP contribution in [0.2, 0.25) is 0 Å². The Kier molecular flexibility index (Phi) is 4.81. The number of piperidine rings is 1. The summed E-state index contributed by atoms with van der Waals surface area (Å²) in [5.41, 5.74) is 3.88. The standard InChI is InChI=1S/C16H22N6O2/c1-11-4-7-22(14(23)3-6-17)9-13(11)21(2)16-12-5-8-24-20-15(12)18-10-19-16/h10-11,13H,3-5,7-9H2,1-2H3,(H,18,19,20). The van der Waals surface area contributed by atoms with Gasteiger partial charge in [0.2, 0.25) is 5.91 Å². The summed E-state index contributed by atoms with van der Waals surface area (Å²) in [5, 5.41) is 8.76. The molecule has 2 atom stereocenters. The summed E-state index contributed by atoms with van der Waals surface area (Å²) in [7, 11) is 2.01. The quantitative estimate of drug-likeness (QED) is 0.882. The number of amides is 1. The topological polar surface area (TPSA) is 94.4 Å². The van der Waals surface area contributed by atoms with Gasteiger partial charge in [-0.25, -0.2) is 15.4 Å². The fraction of sp³-hybridized carbons (Fsp3) is 0.625. The van der Waals surface area contributed by atoms with E-state index >= 15 is 0 Å². The van der Waals surface area contributed by atoms with E-state index in [0.717, 1.165) is 24.2 Å². The average Bonchev–Trinajstić information content (AvgIpc) is 2.61. The predicted octanol–water partition coefficient (Wildman–Crippen LogP) is 0.963. The van der Waals surface area contributed by atoms with E-state index in [9.17, 15) is 4.79 Å². The first kappa shape index (κ1) is 16.5. The normalized spacial score (nSPS) is 23.0. The molecule has 2 aliphatic heterocycles. The molecule has 1 aromatic heterocycles. The Balaban J connectivity index is 1.82. The molecule has 3 rings (SSSR count).